The number of thioether (sulfide) groups is 1. The molecule has 4 N–H and O–H groups in total. The lowest BCUT2D eigenvalue weighted by atomic mass is 10.1. The Morgan fingerprint density at radius 2 is 2.15 bits per heavy atom. The summed E-state index contributed by atoms with van der Waals surface area (Å²) in [5.41, 5.74) is 3.52. The summed E-state index contributed by atoms with van der Waals surface area (Å²) in [5.74, 6) is -0.549. The molecule has 20 heavy (non-hydrogen) atoms. The van der Waals surface area contributed by atoms with Crippen LogP contribution in [0, 0.1) is 5.41 Å². The van der Waals surface area contributed by atoms with Crippen molar-refractivity contribution in [3.63, 3.8) is 0 Å². The van der Waals surface area contributed by atoms with E-state index in [0.29, 0.717) is 5.75 Å². The molecule has 1 heterocycles. The number of carbonyl (C=O) groups is 1. The first-order chi connectivity index (χ1) is 8.82. The Balaban J connectivity index is 0.00000361. The number of nitrogens with zero attached hydrogens (tertiary/aromatic N) is 1. The highest BCUT2D eigenvalue weighted by atomic mass is 79.9. The van der Waals surface area contributed by atoms with Gasteiger partial charge in [-0.15, -0.1) is 0 Å². The van der Waals surface area contributed by atoms with E-state index in [9.17, 15) is 18.0 Å². The SMILES string of the molecule is N=C(N)SCCNC(=O)c1cnccc1C(F)(F)F.[Br-]. The van der Waals surface area contributed by atoms with Gasteiger partial charge in [0.25, 0.3) is 5.91 Å². The topological polar surface area (TPSA) is 91.9 Å². The molecule has 0 radical (unpaired) electrons. The average Bonchev–Trinajstić information content (AvgIpc) is 2.33. The fourth-order valence-electron chi connectivity index (χ4n) is 1.24. The Bertz CT molecular complexity index is 484. The number of aromatic nitrogens is 1. The number of hydrogen-bond acceptors (Lipinski definition) is 4. The van der Waals surface area contributed by atoms with Crippen molar-refractivity contribution in [3.8, 4) is 0 Å². The molecule has 1 aromatic rings. The lowest BCUT2D eigenvalue weighted by Crippen LogP contribution is -3.00. The molecule has 1 amide bonds. The summed E-state index contributed by atoms with van der Waals surface area (Å²) in [6.07, 6.45) is -2.76. The standard InChI is InChI=1S/C10H11F3N4OS.BrH/c11-10(12,13)7-1-2-16-5-6(7)8(18)17-3-4-19-9(14)15;/h1-2,5H,3-4H2,(H3,14,15)(H,17,18);1H/p-1. The van der Waals surface area contributed by atoms with Crippen LogP contribution in [0.15, 0.2) is 18.5 Å². The molecule has 0 aliphatic rings. The molecule has 1 rings (SSSR count). The maximum Gasteiger partial charge on any atom is 0.417 e. The van der Waals surface area contributed by atoms with Crippen molar-refractivity contribution in [3.05, 3.63) is 29.6 Å². The number of pyridine rings is 1. The summed E-state index contributed by atoms with van der Waals surface area (Å²) in [7, 11) is 0. The van der Waals surface area contributed by atoms with Gasteiger partial charge < -0.3 is 28.0 Å². The van der Waals surface area contributed by atoms with Gasteiger partial charge in [-0.3, -0.25) is 15.2 Å². The number of carbonyl (C=O) groups excluding carboxylic acids is 1. The van der Waals surface area contributed by atoms with Gasteiger partial charge in [0, 0.05) is 24.7 Å². The van der Waals surface area contributed by atoms with Crippen LogP contribution in [-0.2, 0) is 6.18 Å². The number of hydrogen-bond donors (Lipinski definition) is 3. The summed E-state index contributed by atoms with van der Waals surface area (Å²) >= 11 is 0.987. The molecule has 0 fully saturated rings. The summed E-state index contributed by atoms with van der Waals surface area (Å²) in [5, 5.41) is 9.13. The Morgan fingerprint density at radius 1 is 1.50 bits per heavy atom. The van der Waals surface area contributed by atoms with Crippen molar-refractivity contribution >= 4 is 22.8 Å². The summed E-state index contributed by atoms with van der Waals surface area (Å²) in [4.78, 5) is 15.1. The van der Waals surface area contributed by atoms with E-state index in [-0.39, 0.29) is 28.7 Å². The highest BCUT2D eigenvalue weighted by molar-refractivity contribution is 8.13. The van der Waals surface area contributed by atoms with E-state index >= 15 is 0 Å². The fraction of sp³-hybridized carbons (Fsp3) is 0.300. The lowest BCUT2D eigenvalue weighted by Gasteiger charge is -2.11. The number of amidine groups is 1. The van der Waals surface area contributed by atoms with Crippen molar-refractivity contribution in [2.45, 2.75) is 6.18 Å². The smallest absolute Gasteiger partial charge is 0.417 e. The predicted octanol–water partition coefficient (Wildman–Crippen LogP) is -1.54. The van der Waals surface area contributed by atoms with Gasteiger partial charge in [0.05, 0.1) is 11.1 Å². The van der Waals surface area contributed by atoms with Crippen molar-refractivity contribution in [2.24, 2.45) is 5.73 Å². The number of halogens is 4. The third-order valence-electron chi connectivity index (χ3n) is 2.02. The molecule has 10 heteroatoms. The normalized spacial score (nSPS) is 10.6. The third kappa shape index (κ3) is 5.78. The van der Waals surface area contributed by atoms with E-state index in [1.54, 1.807) is 0 Å². The van der Waals surface area contributed by atoms with Crippen LogP contribution in [0.4, 0.5) is 13.2 Å². The van der Waals surface area contributed by atoms with Crippen molar-refractivity contribution < 1.29 is 34.9 Å². The molecule has 0 aliphatic carbocycles. The zero-order valence-corrected chi connectivity index (χ0v) is 12.4. The van der Waals surface area contributed by atoms with Gasteiger partial charge in [0.2, 0.25) is 0 Å². The molecule has 0 aliphatic heterocycles. The van der Waals surface area contributed by atoms with E-state index in [0.717, 1.165) is 30.2 Å². The second-order valence-electron chi connectivity index (χ2n) is 3.39. The van der Waals surface area contributed by atoms with Gasteiger partial charge in [0.15, 0.2) is 5.17 Å². The van der Waals surface area contributed by atoms with E-state index in [1.165, 1.54) is 0 Å². The molecule has 0 spiro atoms. The van der Waals surface area contributed by atoms with Gasteiger partial charge >= 0.3 is 6.18 Å². The van der Waals surface area contributed by atoms with Crippen molar-refractivity contribution in [1.82, 2.24) is 10.3 Å². The maximum atomic E-state index is 12.6. The second kappa shape index (κ2) is 8.10. The van der Waals surface area contributed by atoms with Gasteiger partial charge in [-0.2, -0.15) is 13.2 Å². The van der Waals surface area contributed by atoms with E-state index in [2.05, 4.69) is 10.3 Å². The molecule has 0 saturated carbocycles. The van der Waals surface area contributed by atoms with Gasteiger partial charge in [0.1, 0.15) is 0 Å². The van der Waals surface area contributed by atoms with Crippen LogP contribution in [0.3, 0.4) is 0 Å². The first-order valence-corrected chi connectivity index (χ1v) is 6.07. The second-order valence-corrected chi connectivity index (χ2v) is 4.52. The third-order valence-corrected chi connectivity index (χ3v) is 2.74. The number of alkyl halides is 3. The number of nitrogens with one attached hydrogen (secondary N) is 2. The monoisotopic (exact) mass is 371 g/mol. The van der Waals surface area contributed by atoms with Crippen molar-refractivity contribution in [2.75, 3.05) is 12.3 Å². The first-order valence-electron chi connectivity index (χ1n) is 5.08. The first kappa shape index (κ1) is 18.7. The quantitative estimate of drug-likeness (QED) is 0.340. The number of rotatable bonds is 4. The summed E-state index contributed by atoms with van der Waals surface area (Å²) in [6.45, 7) is 0.106. The molecular formula is C10H11BrF3N4OS-. The molecule has 0 aromatic carbocycles. The minimum atomic E-state index is -4.61. The predicted molar refractivity (Wildman–Crippen MR) is 65.9 cm³/mol. The molecule has 1 aromatic heterocycles. The molecule has 0 bridgehead atoms. The summed E-state index contributed by atoms with van der Waals surface area (Å²) < 4.78 is 37.9. The highest BCUT2D eigenvalue weighted by Gasteiger charge is 2.35. The highest BCUT2D eigenvalue weighted by Crippen LogP contribution is 2.31. The van der Waals surface area contributed by atoms with Crippen LogP contribution in [0.5, 0.6) is 0 Å². The van der Waals surface area contributed by atoms with E-state index in [1.807, 2.05) is 0 Å². The Labute approximate surface area is 127 Å². The van der Waals surface area contributed by atoms with Crippen LogP contribution in [-0.4, -0.2) is 28.4 Å². The van der Waals surface area contributed by atoms with Gasteiger partial charge in [-0.25, -0.2) is 0 Å². The van der Waals surface area contributed by atoms with Crippen LogP contribution < -0.4 is 28.0 Å². The molecule has 0 atom stereocenters. The zero-order valence-electron chi connectivity index (χ0n) is 10.00. The molecule has 0 saturated heterocycles. The zero-order chi connectivity index (χ0) is 14.5. The Hall–Kier alpha value is -1.29. The van der Waals surface area contributed by atoms with Crippen LogP contribution >= 0.6 is 11.8 Å². The van der Waals surface area contributed by atoms with E-state index in [4.69, 9.17) is 11.1 Å². The lowest BCUT2D eigenvalue weighted by molar-refractivity contribution is -0.138. The average molecular weight is 372 g/mol. The van der Waals surface area contributed by atoms with E-state index < -0.39 is 23.2 Å². The molecule has 5 nitrogen and oxygen atoms in total. The Morgan fingerprint density at radius 3 is 2.70 bits per heavy atom. The maximum absolute atomic E-state index is 12.6. The number of nitrogens with two attached hydrogens (primary N) is 1. The fourth-order valence-corrected chi connectivity index (χ4v) is 1.67. The number of amides is 1. The summed E-state index contributed by atoms with van der Waals surface area (Å²) in [6, 6.07) is 0.749. The van der Waals surface area contributed by atoms with Crippen LogP contribution in [0.2, 0.25) is 0 Å². The van der Waals surface area contributed by atoms with Gasteiger partial charge in [-0.05, 0) is 6.07 Å². The van der Waals surface area contributed by atoms with Crippen LogP contribution in [0.1, 0.15) is 15.9 Å². The Kier molecular flexibility index (Phi) is 7.58. The molecule has 0 unspecified atom stereocenters. The minimum Gasteiger partial charge on any atom is -1.00 e. The van der Waals surface area contributed by atoms with Gasteiger partial charge in [-0.1, -0.05) is 11.8 Å². The molecule has 112 valence electrons. The van der Waals surface area contributed by atoms with Crippen LogP contribution in [0.25, 0.3) is 0 Å². The molecular weight excluding hydrogens is 361 g/mol. The largest absolute Gasteiger partial charge is 1.00 e. The van der Waals surface area contributed by atoms with Crippen molar-refractivity contribution in [1.29, 1.82) is 5.41 Å². The minimum absolute atomic E-state index is 0.